The Balaban J connectivity index is 0.000000132. The summed E-state index contributed by atoms with van der Waals surface area (Å²) in [6, 6.07) is 36.1. The van der Waals surface area contributed by atoms with Crippen LogP contribution in [0.15, 0.2) is 139 Å². The van der Waals surface area contributed by atoms with Crippen LogP contribution in [-0.4, -0.2) is 264 Å². The second-order valence-corrected chi connectivity index (χ2v) is 46.3. The number of ether oxygens (including phenoxy) is 8. The van der Waals surface area contributed by atoms with Crippen LogP contribution in [0.4, 0.5) is 0 Å². The van der Waals surface area contributed by atoms with E-state index in [2.05, 4.69) is 40.8 Å². The van der Waals surface area contributed by atoms with Crippen LogP contribution in [0.1, 0.15) is 175 Å². The Kier molecular flexibility index (Phi) is 30.7. The van der Waals surface area contributed by atoms with Crippen LogP contribution in [0.3, 0.4) is 0 Å². The Morgan fingerprint density at radius 2 is 0.451 bits per heavy atom. The van der Waals surface area contributed by atoms with E-state index in [1.807, 2.05) is 27.7 Å². The third-order valence-corrected chi connectivity index (χ3v) is 36.5. The zero-order valence-electron chi connectivity index (χ0n) is 82.6. The number of sulfone groups is 4. The number of nitrogens with zero attached hydrogens (tertiary/aromatic N) is 16. The number of aromatic nitrogens is 12. The molecular weight excluding hydrogens is 1940 g/mol. The van der Waals surface area contributed by atoms with Gasteiger partial charge in [0.2, 0.25) is 46.9 Å². The van der Waals surface area contributed by atoms with Crippen molar-refractivity contribution >= 4 is 63.0 Å². The molecule has 0 N–H and O–H groups in total. The highest BCUT2D eigenvalue weighted by Crippen LogP contribution is 2.46. The molecule has 20 rings (SSSR count). The molecule has 8 aliphatic rings. The van der Waals surface area contributed by atoms with E-state index in [0.29, 0.717) is 215 Å². The number of rotatable bonds is 28. The number of furan rings is 4. The summed E-state index contributed by atoms with van der Waals surface area (Å²) in [5.41, 5.74) is 1.93. The van der Waals surface area contributed by atoms with Crippen molar-refractivity contribution in [3.63, 3.8) is 0 Å². The van der Waals surface area contributed by atoms with E-state index in [1.165, 1.54) is 56.9 Å². The fourth-order valence-electron chi connectivity index (χ4n) is 20.9. The third-order valence-electron chi connectivity index (χ3n) is 28.3. The van der Waals surface area contributed by atoms with Gasteiger partial charge in [0, 0.05) is 76.0 Å². The molecule has 4 amide bonds. The van der Waals surface area contributed by atoms with Gasteiger partial charge in [0.1, 0.15) is 115 Å². The molecule has 144 heavy (non-hydrogen) atoms. The Bertz CT molecular complexity index is 6270. The molecule has 0 unspecified atom stereocenters. The van der Waals surface area contributed by atoms with Gasteiger partial charge in [-0.05, 0) is 227 Å². The first kappa shape index (κ1) is 102. The number of amides is 4. The van der Waals surface area contributed by atoms with Crippen molar-refractivity contribution in [3.05, 3.63) is 168 Å². The molecule has 8 saturated heterocycles. The molecule has 8 aromatic heterocycles. The smallest absolute Gasteiger partial charge is 0.222 e. The van der Waals surface area contributed by atoms with Gasteiger partial charge in [0.15, 0.2) is 85.7 Å². The Morgan fingerprint density at radius 1 is 0.264 bits per heavy atom. The van der Waals surface area contributed by atoms with E-state index in [-0.39, 0.29) is 120 Å². The molecule has 8 fully saturated rings. The molecule has 0 saturated carbocycles. The minimum absolute atomic E-state index is 0.0450. The fraction of sp³-hybridized carbons (Fsp3) is 0.480. The number of hydrogen-bond acceptors (Lipinski definition) is 32. The summed E-state index contributed by atoms with van der Waals surface area (Å²) in [7, 11) is -2.44. The van der Waals surface area contributed by atoms with Gasteiger partial charge in [-0.25, -0.2) is 33.7 Å². The largest absolute Gasteiger partial charge is 0.494 e. The summed E-state index contributed by atoms with van der Waals surface area (Å²) >= 11 is 0. The molecule has 0 radical (unpaired) electrons. The molecule has 16 heterocycles. The molecule has 8 aliphatic heterocycles. The van der Waals surface area contributed by atoms with E-state index >= 15 is 0 Å². The number of piperidine rings is 8. The van der Waals surface area contributed by atoms with Crippen LogP contribution in [0.2, 0.25) is 0 Å². The standard InChI is InChI=1S/4C25H30N4O6S/c4*1-16-10-13-21(35-16)25-27-26-22(29(25)24-19(33-2)7-5-8-20(24)34-3)15-36(31,32)18-12-11-17-6-4-9-23(30)28(17)14-18/h4*5,7-8,10,13,17-18H,4,6,9,11-12,14-15H2,1-3H3/t2*17-,18+;2*17-,18-/m1010/s1. The van der Waals surface area contributed by atoms with Gasteiger partial charge in [0.05, 0.1) is 77.9 Å². The van der Waals surface area contributed by atoms with Gasteiger partial charge in [-0.15, -0.1) is 40.8 Å². The van der Waals surface area contributed by atoms with Gasteiger partial charge in [-0.2, -0.15) is 0 Å². The van der Waals surface area contributed by atoms with Gasteiger partial charge in [0.25, 0.3) is 0 Å². The zero-order chi connectivity index (χ0) is 102. The summed E-state index contributed by atoms with van der Waals surface area (Å²) in [6.45, 7) is 8.17. The van der Waals surface area contributed by atoms with Crippen molar-refractivity contribution in [1.29, 1.82) is 0 Å². The minimum Gasteiger partial charge on any atom is -0.494 e. The Morgan fingerprint density at radius 3 is 0.618 bits per heavy atom. The minimum atomic E-state index is -3.67. The number of aryl methyl sites for hydroxylation is 4. The van der Waals surface area contributed by atoms with Gasteiger partial charge in [-0.1, -0.05) is 24.3 Å². The first-order valence-electron chi connectivity index (χ1n) is 48.2. The number of methoxy groups -OCH3 is 8. The maximum Gasteiger partial charge on any atom is 0.222 e. The highest BCUT2D eigenvalue weighted by atomic mass is 32.2. The average Bonchev–Trinajstić information content (AvgIpc) is 1.61. The van der Waals surface area contributed by atoms with Crippen LogP contribution in [0.25, 0.3) is 69.1 Å². The normalized spacial score (nSPS) is 20.3. The topological polar surface area (TPSA) is 467 Å². The second kappa shape index (κ2) is 43.3. The van der Waals surface area contributed by atoms with E-state index in [4.69, 9.17) is 55.6 Å². The first-order chi connectivity index (χ1) is 69.3. The Hall–Kier alpha value is -13.4. The molecule has 44 heteroatoms. The molecule has 40 nitrogen and oxygen atoms in total. The number of carbonyl (C=O) groups is 4. The van der Waals surface area contributed by atoms with Crippen molar-refractivity contribution in [2.24, 2.45) is 0 Å². The van der Waals surface area contributed by atoms with Crippen LogP contribution in [0, 0.1) is 27.7 Å². The number of carbonyl (C=O) groups excluding carboxylic acids is 4. The monoisotopic (exact) mass is 2060 g/mol. The quantitative estimate of drug-likeness (QED) is 0.0439. The van der Waals surface area contributed by atoms with Gasteiger partial charge >= 0.3 is 0 Å². The summed E-state index contributed by atoms with van der Waals surface area (Å²) in [6.07, 6.45) is 14.0. The molecule has 0 aliphatic carbocycles. The maximum absolute atomic E-state index is 13.7. The molecule has 4 aromatic carbocycles. The summed E-state index contributed by atoms with van der Waals surface area (Å²) in [4.78, 5) is 56.9. The SMILES string of the molecule is COc1cccc(OC)c1-n1c(CS(=O)(=O)[C@@H]2CC[C@@H]3CCCC(=O)N3C2)nnc1-c1ccc(C)o1.COc1cccc(OC)c1-n1c(CS(=O)(=O)[C@@H]2CC[C@H]3CCCC(=O)N3C2)nnc1-c1ccc(C)o1.COc1cccc(OC)c1-n1c(CS(=O)(=O)[C@H]2CC[C@@H]3CCCC(=O)N3C2)nnc1-c1ccc(C)o1.COc1cccc(OC)c1-n1c(CS(=O)(=O)[C@H]2CC[C@H]3CCCC(=O)N3C2)nnc1-c1ccc(C)o1. The summed E-state index contributed by atoms with van der Waals surface area (Å²) in [5.74, 6) is 9.26. The van der Waals surface area contributed by atoms with Crippen molar-refractivity contribution in [3.8, 4) is 115 Å². The predicted octanol–water partition coefficient (Wildman–Crippen LogP) is 13.2. The molecule has 768 valence electrons. The highest BCUT2D eigenvalue weighted by Gasteiger charge is 2.47. The lowest BCUT2D eigenvalue weighted by Gasteiger charge is -2.42. The number of fused-ring (bicyclic) bond motifs is 4. The zero-order valence-corrected chi connectivity index (χ0v) is 85.8. The average molecular weight is 2060 g/mol. The predicted molar refractivity (Wildman–Crippen MR) is 528 cm³/mol. The number of para-hydroxylation sites is 4. The molecule has 0 spiro atoms. The summed E-state index contributed by atoms with van der Waals surface area (Å²) < 4.78 is 184. The van der Waals surface area contributed by atoms with E-state index < -0.39 is 60.3 Å². The van der Waals surface area contributed by atoms with Gasteiger partial charge in [-0.3, -0.25) is 37.4 Å². The lowest BCUT2D eigenvalue weighted by Crippen LogP contribution is -2.52. The third kappa shape index (κ3) is 21.2. The summed E-state index contributed by atoms with van der Waals surface area (Å²) in [5, 5.41) is 31.8. The number of benzene rings is 4. The van der Waals surface area contributed by atoms with Crippen LogP contribution in [0.5, 0.6) is 46.0 Å². The maximum atomic E-state index is 13.7. The van der Waals surface area contributed by atoms with Crippen LogP contribution >= 0.6 is 0 Å². The molecule has 0 bridgehead atoms. The van der Waals surface area contributed by atoms with Crippen molar-refractivity contribution in [2.45, 2.75) is 224 Å². The Labute approximate surface area is 835 Å². The van der Waals surface area contributed by atoms with Crippen LogP contribution in [-0.2, 0) is 81.5 Å². The lowest BCUT2D eigenvalue weighted by atomic mass is 9.93. The van der Waals surface area contributed by atoms with Crippen molar-refractivity contribution in [1.82, 2.24) is 78.7 Å². The van der Waals surface area contributed by atoms with E-state index in [1.54, 1.807) is 159 Å². The van der Waals surface area contributed by atoms with E-state index in [9.17, 15) is 52.8 Å². The van der Waals surface area contributed by atoms with Gasteiger partial charge < -0.3 is 75.2 Å². The van der Waals surface area contributed by atoms with Crippen molar-refractivity contribution in [2.75, 3.05) is 83.1 Å². The fourth-order valence-corrected chi connectivity index (χ4v) is 27.6. The second-order valence-electron chi connectivity index (χ2n) is 37.2. The first-order valence-corrected chi connectivity index (χ1v) is 55.1. The molecule has 8 atom stereocenters. The number of hydrogen-bond donors (Lipinski definition) is 0. The van der Waals surface area contributed by atoms with Crippen molar-refractivity contribution < 1.29 is 108 Å². The molecular formula is C100H120N16O24S4. The molecule has 12 aromatic rings. The lowest BCUT2D eigenvalue weighted by molar-refractivity contribution is -0.138. The van der Waals surface area contributed by atoms with Crippen LogP contribution < -0.4 is 37.9 Å². The van der Waals surface area contributed by atoms with E-state index in [0.717, 1.165) is 51.4 Å². The highest BCUT2D eigenvalue weighted by molar-refractivity contribution is 7.92.